The molecule has 0 nitrogen and oxygen atoms in total. The van der Waals surface area contributed by atoms with Gasteiger partial charge in [0, 0.05) is 20.6 Å². The molecule has 0 spiro atoms. The molecule has 216 valence electrons. The fourth-order valence-corrected chi connectivity index (χ4v) is 9.52. The number of hydrogen-bond acceptors (Lipinski definition) is 1. The van der Waals surface area contributed by atoms with E-state index in [0.717, 1.165) is 0 Å². The molecule has 2 aliphatic rings. The summed E-state index contributed by atoms with van der Waals surface area (Å²) < 4.78 is 0. The summed E-state index contributed by atoms with van der Waals surface area (Å²) in [5.74, 6) is 0. The molecule has 0 N–H and O–H groups in total. The van der Waals surface area contributed by atoms with Crippen LogP contribution in [0.5, 0.6) is 0 Å². The highest BCUT2D eigenvalue weighted by atomic mass is 32.2. The number of hydrogen-bond donors (Lipinski definition) is 0. The van der Waals surface area contributed by atoms with Crippen LogP contribution in [0, 0.1) is 0 Å². The fraction of sp³-hybridized carbons (Fsp3) is 0.0667. The largest absolute Gasteiger partial charge is 0.0888 e. The minimum atomic E-state index is -0.0481. The van der Waals surface area contributed by atoms with Crippen molar-refractivity contribution in [2.24, 2.45) is 0 Å². The summed E-state index contributed by atoms with van der Waals surface area (Å²) in [7, 11) is 0. The SMILES string of the molecule is CC1(C)c2ccccc2-c2ccc(-c3c4ccccc4c(-c4ccc5c6c(cccc46)-c4ccccc4S5)c4ccccc34)cc21. The van der Waals surface area contributed by atoms with Crippen molar-refractivity contribution < 1.29 is 0 Å². The lowest BCUT2D eigenvalue weighted by molar-refractivity contribution is 0.660. The van der Waals surface area contributed by atoms with Gasteiger partial charge in [-0.05, 0) is 101 Å². The molecule has 1 heterocycles. The minimum Gasteiger partial charge on any atom is -0.0888 e. The molecule has 1 heteroatoms. The monoisotopic (exact) mass is 602 g/mol. The lowest BCUT2D eigenvalue weighted by Gasteiger charge is -2.24. The average molecular weight is 603 g/mol. The molecule has 8 aromatic rings. The van der Waals surface area contributed by atoms with Crippen molar-refractivity contribution in [3.63, 3.8) is 0 Å². The summed E-state index contributed by atoms with van der Waals surface area (Å²) in [5, 5.41) is 7.86. The Balaban J connectivity index is 1.27. The molecule has 0 bridgehead atoms. The summed E-state index contributed by atoms with van der Waals surface area (Å²) >= 11 is 1.89. The van der Waals surface area contributed by atoms with E-state index in [2.05, 4.69) is 159 Å². The molecule has 0 fully saturated rings. The van der Waals surface area contributed by atoms with Crippen LogP contribution in [0.1, 0.15) is 25.0 Å². The van der Waals surface area contributed by atoms with E-state index in [-0.39, 0.29) is 5.41 Å². The predicted octanol–water partition coefficient (Wildman–Crippen LogP) is 12.9. The van der Waals surface area contributed by atoms with Gasteiger partial charge in [0.1, 0.15) is 0 Å². The van der Waals surface area contributed by atoms with Gasteiger partial charge < -0.3 is 0 Å². The van der Waals surface area contributed by atoms with Crippen LogP contribution in [0.15, 0.2) is 155 Å². The zero-order valence-corrected chi connectivity index (χ0v) is 26.6. The van der Waals surface area contributed by atoms with Gasteiger partial charge in [0.15, 0.2) is 0 Å². The third-order valence-corrected chi connectivity index (χ3v) is 11.6. The number of fused-ring (bicyclic) bond motifs is 7. The Morgan fingerprint density at radius 1 is 0.391 bits per heavy atom. The van der Waals surface area contributed by atoms with Crippen LogP contribution < -0.4 is 0 Å². The van der Waals surface area contributed by atoms with Gasteiger partial charge in [0.2, 0.25) is 0 Å². The van der Waals surface area contributed by atoms with Crippen molar-refractivity contribution in [3.05, 3.63) is 157 Å². The molecule has 0 atom stereocenters. The van der Waals surface area contributed by atoms with Gasteiger partial charge in [-0.25, -0.2) is 0 Å². The third kappa shape index (κ3) is 3.47. The summed E-state index contributed by atoms with van der Waals surface area (Å²) in [4.78, 5) is 2.66. The van der Waals surface area contributed by atoms with E-state index in [9.17, 15) is 0 Å². The van der Waals surface area contributed by atoms with Crippen LogP contribution >= 0.6 is 11.8 Å². The summed E-state index contributed by atoms with van der Waals surface area (Å²) in [6.45, 7) is 4.74. The lowest BCUT2D eigenvalue weighted by Crippen LogP contribution is -2.14. The summed E-state index contributed by atoms with van der Waals surface area (Å²) in [6, 6.07) is 54.6. The first-order chi connectivity index (χ1) is 22.6. The first kappa shape index (κ1) is 26.1. The van der Waals surface area contributed by atoms with E-state index < -0.39 is 0 Å². The van der Waals surface area contributed by atoms with Crippen LogP contribution in [0.4, 0.5) is 0 Å². The topological polar surface area (TPSA) is 0 Å². The quantitative estimate of drug-likeness (QED) is 0.177. The summed E-state index contributed by atoms with van der Waals surface area (Å²) in [6.07, 6.45) is 0. The Bertz CT molecular complexity index is 2530. The van der Waals surface area contributed by atoms with E-state index in [1.54, 1.807) is 0 Å². The zero-order valence-electron chi connectivity index (χ0n) is 25.8. The average Bonchev–Trinajstić information content (AvgIpc) is 3.33. The Morgan fingerprint density at radius 2 is 0.957 bits per heavy atom. The fourth-order valence-electron chi connectivity index (χ4n) is 8.39. The molecule has 0 unspecified atom stereocenters. The molecule has 1 aliphatic heterocycles. The van der Waals surface area contributed by atoms with Gasteiger partial charge in [-0.15, -0.1) is 0 Å². The predicted molar refractivity (Wildman–Crippen MR) is 197 cm³/mol. The molecule has 8 aromatic carbocycles. The Labute approximate surface area is 273 Å². The van der Waals surface area contributed by atoms with Gasteiger partial charge in [0.25, 0.3) is 0 Å². The van der Waals surface area contributed by atoms with Gasteiger partial charge in [-0.2, -0.15) is 0 Å². The number of rotatable bonds is 2. The zero-order chi connectivity index (χ0) is 30.6. The van der Waals surface area contributed by atoms with Crippen molar-refractivity contribution in [1.82, 2.24) is 0 Å². The molecular weight excluding hydrogens is 573 g/mol. The van der Waals surface area contributed by atoms with Crippen molar-refractivity contribution in [1.29, 1.82) is 0 Å². The van der Waals surface area contributed by atoms with Crippen molar-refractivity contribution in [3.8, 4) is 44.5 Å². The molecule has 46 heavy (non-hydrogen) atoms. The molecule has 1 aliphatic carbocycles. The third-order valence-electron chi connectivity index (χ3n) is 10.5. The normalized spacial score (nSPS) is 14.0. The van der Waals surface area contributed by atoms with Crippen LogP contribution in [0.3, 0.4) is 0 Å². The first-order valence-electron chi connectivity index (χ1n) is 16.1. The van der Waals surface area contributed by atoms with Crippen LogP contribution in [-0.4, -0.2) is 0 Å². The van der Waals surface area contributed by atoms with E-state index in [4.69, 9.17) is 0 Å². The smallest absolute Gasteiger partial charge is 0.0207 e. The maximum Gasteiger partial charge on any atom is 0.0207 e. The van der Waals surface area contributed by atoms with Gasteiger partial charge in [-0.1, -0.05) is 153 Å². The Kier molecular flexibility index (Phi) is 5.37. The highest BCUT2D eigenvalue weighted by Gasteiger charge is 2.35. The van der Waals surface area contributed by atoms with E-state index >= 15 is 0 Å². The molecule has 0 amide bonds. The lowest BCUT2D eigenvalue weighted by atomic mass is 9.80. The van der Waals surface area contributed by atoms with E-state index in [0.29, 0.717) is 0 Å². The molecular formula is C45H30S. The molecule has 0 saturated heterocycles. The molecule has 10 rings (SSSR count). The van der Waals surface area contributed by atoms with Gasteiger partial charge in [0.05, 0.1) is 0 Å². The molecule has 0 aromatic heterocycles. The first-order valence-corrected chi connectivity index (χ1v) is 16.9. The van der Waals surface area contributed by atoms with Crippen molar-refractivity contribution >= 4 is 44.1 Å². The maximum absolute atomic E-state index is 2.47. The van der Waals surface area contributed by atoms with E-state index in [1.807, 2.05) is 11.8 Å². The van der Waals surface area contributed by atoms with Crippen molar-refractivity contribution in [2.75, 3.05) is 0 Å². The standard InChI is InChI=1S/C45H30S/c1-45(2)38-20-9-7-12-28(38)29-23-22-27(26-39(29)45)42-32-14-3-5-16-34(32)43(35-17-6-4-15-33(35)42)37-24-25-41-44-31(18-11-19-36(37)44)30-13-8-10-21-40(30)46-41/h3-26H,1-2H3. The van der Waals surface area contributed by atoms with Crippen LogP contribution in [-0.2, 0) is 5.41 Å². The summed E-state index contributed by atoms with van der Waals surface area (Å²) in [5.41, 5.74) is 13.4. The van der Waals surface area contributed by atoms with Crippen LogP contribution in [0.2, 0.25) is 0 Å². The second-order valence-electron chi connectivity index (χ2n) is 13.2. The molecule has 0 radical (unpaired) electrons. The van der Waals surface area contributed by atoms with Crippen molar-refractivity contribution in [2.45, 2.75) is 29.1 Å². The van der Waals surface area contributed by atoms with Gasteiger partial charge in [-0.3, -0.25) is 0 Å². The van der Waals surface area contributed by atoms with E-state index in [1.165, 1.54) is 97.7 Å². The second kappa shape index (κ2) is 9.45. The number of benzene rings is 8. The Morgan fingerprint density at radius 3 is 1.72 bits per heavy atom. The molecule has 0 saturated carbocycles. The highest BCUT2D eigenvalue weighted by molar-refractivity contribution is 7.99. The Hall–Kier alpha value is -5.11. The second-order valence-corrected chi connectivity index (χ2v) is 14.3. The maximum atomic E-state index is 2.47. The minimum absolute atomic E-state index is 0.0481. The van der Waals surface area contributed by atoms with Crippen LogP contribution in [0.25, 0.3) is 76.8 Å². The van der Waals surface area contributed by atoms with Gasteiger partial charge >= 0.3 is 0 Å². The highest BCUT2D eigenvalue weighted by Crippen LogP contribution is 2.53.